The number of anilines is 6. The molecule has 0 unspecified atom stereocenters. The second-order valence-electron chi connectivity index (χ2n) is 28.6. The highest BCUT2D eigenvalue weighted by molar-refractivity contribution is 6.12. The standard InChI is InChI=1S/C100H78N8/c1-63-29-18-21-40-81(63)90-61-89(73-53-69(7)98(70(8)54-73)108-94-46-27-25-44-85(94)88-59-78(50-52-96(88)108)105(74-33-12-9-13-34-74)75-35-14-10-15-36-75)101-100(103-90)86-58-72(48-47-66(86)4)71-32-28-39-77(57-71)106(76-37-16-11-17-38-76)79-49-51-95-87(60-79)84-43-24-26-45-93(84)107(95)80-55-67(5)97(68(6)56-80)92-62-91(82-41-22-19-30-64(82)2)102-99(104-92)83-42-23-20-31-65(83)3/h9-62H,1-8H3. The molecule has 0 radical (unpaired) electrons. The zero-order valence-electron chi connectivity index (χ0n) is 61.8. The zero-order valence-corrected chi connectivity index (χ0v) is 61.8. The van der Waals surface area contributed by atoms with Gasteiger partial charge in [-0.3, -0.25) is 0 Å². The first-order valence-electron chi connectivity index (χ1n) is 37.1. The van der Waals surface area contributed by atoms with Crippen LogP contribution in [0, 0.1) is 55.4 Å². The Bertz CT molecular complexity index is 6400. The molecule has 8 nitrogen and oxygen atoms in total. The molecule has 0 N–H and O–H groups in total. The molecule has 0 saturated heterocycles. The maximum Gasteiger partial charge on any atom is 0.160 e. The van der Waals surface area contributed by atoms with Crippen LogP contribution < -0.4 is 9.80 Å². The SMILES string of the molecule is Cc1ccccc1-c1cc(-c2cc(C)c(-n3c4ccccc4c4cc(N(c5ccccc5)c5ccccc5)ccc43)c(C)c2)nc(-c2cc(-c3cccc(N(c4ccccc4)c4ccc5c(c4)c4ccccc4n5-c4cc(C)c(-c5cc(-c6ccccc6C)nc(-c6ccccc6C)n5)c(C)c4)c3)ccc2C)n1. The summed E-state index contributed by atoms with van der Waals surface area (Å²) in [5.74, 6) is 1.39. The third-order valence-electron chi connectivity index (χ3n) is 21.5. The van der Waals surface area contributed by atoms with Crippen LogP contribution in [0.25, 0.3) is 134 Å². The fraction of sp³-hybridized carbons (Fsp3) is 0.0800. The Balaban J connectivity index is 0.706. The molecule has 518 valence electrons. The van der Waals surface area contributed by atoms with Crippen molar-refractivity contribution in [2.24, 2.45) is 0 Å². The molecule has 8 heteroatoms. The van der Waals surface area contributed by atoms with Gasteiger partial charge in [-0.2, -0.15) is 0 Å². The normalized spacial score (nSPS) is 11.5. The maximum absolute atomic E-state index is 5.59. The van der Waals surface area contributed by atoms with Gasteiger partial charge in [-0.15, -0.1) is 0 Å². The Kier molecular flexibility index (Phi) is 16.9. The summed E-state index contributed by atoms with van der Waals surface area (Å²) in [5, 5.41) is 4.72. The van der Waals surface area contributed by atoms with E-state index in [1.807, 2.05) is 0 Å². The van der Waals surface area contributed by atoms with Crippen molar-refractivity contribution in [3.63, 3.8) is 0 Å². The molecule has 0 aliphatic carbocycles. The molecule has 14 aromatic carbocycles. The fourth-order valence-corrected chi connectivity index (χ4v) is 16.4. The van der Waals surface area contributed by atoms with E-state index in [9.17, 15) is 0 Å². The summed E-state index contributed by atoms with van der Waals surface area (Å²) in [6.45, 7) is 17.5. The van der Waals surface area contributed by atoms with E-state index in [4.69, 9.17) is 19.9 Å². The molecule has 18 rings (SSSR count). The first kappa shape index (κ1) is 66.4. The molecule has 0 amide bonds. The number of aromatic nitrogens is 6. The van der Waals surface area contributed by atoms with E-state index in [0.717, 1.165) is 185 Å². The van der Waals surface area contributed by atoms with Crippen molar-refractivity contribution in [2.75, 3.05) is 9.80 Å². The number of aryl methyl sites for hydroxylation is 8. The summed E-state index contributed by atoms with van der Waals surface area (Å²) in [5.41, 5.74) is 34.3. The van der Waals surface area contributed by atoms with Crippen LogP contribution in [0.1, 0.15) is 44.5 Å². The summed E-state index contributed by atoms with van der Waals surface area (Å²) in [4.78, 5) is 26.4. The number of nitrogens with zero attached hydrogens (tertiary/aromatic N) is 8. The first-order valence-corrected chi connectivity index (χ1v) is 37.1. The van der Waals surface area contributed by atoms with Crippen molar-refractivity contribution in [1.82, 2.24) is 29.1 Å². The van der Waals surface area contributed by atoms with Gasteiger partial charge < -0.3 is 18.9 Å². The lowest BCUT2D eigenvalue weighted by molar-refractivity contribution is 1.12. The molecular formula is C100H78N8. The second kappa shape index (κ2) is 27.5. The lowest BCUT2D eigenvalue weighted by Crippen LogP contribution is -2.10. The number of hydrogen-bond donors (Lipinski definition) is 0. The number of fused-ring (bicyclic) bond motifs is 6. The lowest BCUT2D eigenvalue weighted by atomic mass is 9.96. The van der Waals surface area contributed by atoms with E-state index in [2.05, 4.69) is 402 Å². The Labute approximate surface area is 630 Å². The lowest BCUT2D eigenvalue weighted by Gasteiger charge is -2.26. The number of hydrogen-bond acceptors (Lipinski definition) is 6. The van der Waals surface area contributed by atoms with Crippen LogP contribution in [0.5, 0.6) is 0 Å². The molecule has 4 heterocycles. The van der Waals surface area contributed by atoms with Gasteiger partial charge in [0, 0.05) is 94.7 Å². The summed E-state index contributed by atoms with van der Waals surface area (Å²) < 4.78 is 4.88. The van der Waals surface area contributed by atoms with Crippen LogP contribution in [-0.4, -0.2) is 29.1 Å². The molecular weight excluding hydrogens is 1310 g/mol. The number of benzene rings is 14. The molecule has 0 fully saturated rings. The Morgan fingerprint density at radius 2 is 0.620 bits per heavy atom. The minimum Gasteiger partial charge on any atom is -0.310 e. The second-order valence-corrected chi connectivity index (χ2v) is 28.6. The summed E-state index contributed by atoms with van der Waals surface area (Å²) in [6, 6.07) is 118. The highest BCUT2D eigenvalue weighted by Crippen LogP contribution is 2.46. The van der Waals surface area contributed by atoms with Gasteiger partial charge in [-0.05, 0) is 251 Å². The predicted octanol–water partition coefficient (Wildman–Crippen LogP) is 26.5. The fourth-order valence-electron chi connectivity index (χ4n) is 16.4. The maximum atomic E-state index is 5.59. The molecule has 0 bridgehead atoms. The van der Waals surface area contributed by atoms with Crippen LogP contribution in [-0.2, 0) is 0 Å². The van der Waals surface area contributed by atoms with Crippen molar-refractivity contribution >= 4 is 77.7 Å². The predicted molar refractivity (Wildman–Crippen MR) is 452 cm³/mol. The average molecular weight is 1390 g/mol. The van der Waals surface area contributed by atoms with Gasteiger partial charge in [0.1, 0.15) is 0 Å². The highest BCUT2D eigenvalue weighted by Gasteiger charge is 2.25. The van der Waals surface area contributed by atoms with Crippen LogP contribution >= 0.6 is 0 Å². The molecule has 0 saturated carbocycles. The smallest absolute Gasteiger partial charge is 0.160 e. The van der Waals surface area contributed by atoms with Gasteiger partial charge in [0.15, 0.2) is 11.6 Å². The third kappa shape index (κ3) is 11.9. The summed E-state index contributed by atoms with van der Waals surface area (Å²) >= 11 is 0. The summed E-state index contributed by atoms with van der Waals surface area (Å²) in [7, 11) is 0. The molecule has 0 aliphatic rings. The molecule has 108 heavy (non-hydrogen) atoms. The highest BCUT2D eigenvalue weighted by atomic mass is 15.2. The van der Waals surface area contributed by atoms with Crippen molar-refractivity contribution in [2.45, 2.75) is 55.4 Å². The summed E-state index contributed by atoms with van der Waals surface area (Å²) in [6.07, 6.45) is 0. The van der Waals surface area contributed by atoms with E-state index in [1.165, 1.54) is 21.7 Å². The first-order chi connectivity index (χ1) is 52.8. The number of para-hydroxylation sites is 5. The van der Waals surface area contributed by atoms with Crippen LogP contribution in [0.4, 0.5) is 34.1 Å². The molecule has 0 spiro atoms. The minimum absolute atomic E-state index is 0.671. The zero-order chi connectivity index (χ0) is 73.3. The average Bonchev–Trinajstić information content (AvgIpc) is 1.16. The van der Waals surface area contributed by atoms with E-state index >= 15 is 0 Å². The topological polar surface area (TPSA) is 67.9 Å². The minimum atomic E-state index is 0.671. The van der Waals surface area contributed by atoms with Crippen molar-refractivity contribution in [3.8, 4) is 90.3 Å². The van der Waals surface area contributed by atoms with Gasteiger partial charge in [0.2, 0.25) is 0 Å². The molecule has 18 aromatic rings. The van der Waals surface area contributed by atoms with E-state index < -0.39 is 0 Å². The van der Waals surface area contributed by atoms with Crippen molar-refractivity contribution in [1.29, 1.82) is 0 Å². The third-order valence-corrected chi connectivity index (χ3v) is 21.5. The van der Waals surface area contributed by atoms with Gasteiger partial charge in [-0.1, -0.05) is 188 Å². The molecule has 4 aromatic heterocycles. The van der Waals surface area contributed by atoms with Crippen LogP contribution in [0.3, 0.4) is 0 Å². The molecule has 0 aliphatic heterocycles. The van der Waals surface area contributed by atoms with E-state index in [-0.39, 0.29) is 0 Å². The van der Waals surface area contributed by atoms with Crippen molar-refractivity contribution in [3.05, 3.63) is 372 Å². The van der Waals surface area contributed by atoms with Gasteiger partial charge >= 0.3 is 0 Å². The van der Waals surface area contributed by atoms with Crippen LogP contribution in [0.15, 0.2) is 328 Å². The Morgan fingerprint density at radius 1 is 0.222 bits per heavy atom. The van der Waals surface area contributed by atoms with E-state index in [1.54, 1.807) is 0 Å². The van der Waals surface area contributed by atoms with Crippen molar-refractivity contribution < 1.29 is 0 Å². The van der Waals surface area contributed by atoms with Crippen LogP contribution in [0.2, 0.25) is 0 Å². The largest absolute Gasteiger partial charge is 0.310 e. The Hall–Kier alpha value is -13.6. The van der Waals surface area contributed by atoms with Gasteiger partial charge in [0.25, 0.3) is 0 Å². The number of rotatable bonds is 15. The monoisotopic (exact) mass is 1390 g/mol. The van der Waals surface area contributed by atoms with E-state index in [0.29, 0.717) is 5.82 Å². The van der Waals surface area contributed by atoms with Gasteiger partial charge in [-0.25, -0.2) is 19.9 Å². The molecule has 0 atom stereocenters. The Morgan fingerprint density at radius 3 is 1.17 bits per heavy atom. The quantitative estimate of drug-likeness (QED) is 0.102. The van der Waals surface area contributed by atoms with Gasteiger partial charge in [0.05, 0.1) is 50.5 Å².